The summed E-state index contributed by atoms with van der Waals surface area (Å²) in [5.74, 6) is 0. The van der Waals surface area contributed by atoms with Crippen LogP contribution in [0.1, 0.15) is 0 Å². The molecular formula is C24H17N2S+. The van der Waals surface area contributed by atoms with Crippen molar-refractivity contribution in [1.29, 1.82) is 0 Å². The first-order valence-electron chi connectivity index (χ1n) is 8.90. The fourth-order valence-electron chi connectivity index (χ4n) is 3.28. The van der Waals surface area contributed by atoms with Crippen LogP contribution in [0.4, 0.5) is 0 Å². The molecule has 1 aromatic heterocycles. The Kier molecular flexibility index (Phi) is 4.07. The number of para-hydroxylation sites is 3. The van der Waals surface area contributed by atoms with Gasteiger partial charge in [-0.15, -0.1) is 0 Å². The van der Waals surface area contributed by atoms with Gasteiger partial charge in [0.25, 0.3) is 0 Å². The predicted octanol–water partition coefficient (Wildman–Crippen LogP) is 5.88. The van der Waals surface area contributed by atoms with Gasteiger partial charge in [-0.25, -0.2) is 9.97 Å². The SMILES string of the molecule is c1ccc([S+](c2ccccc2)c2cccc3nc4ccccc4nc23)cc1. The highest BCUT2D eigenvalue weighted by atomic mass is 32.2. The average Bonchev–Trinajstić information content (AvgIpc) is 2.74. The van der Waals surface area contributed by atoms with Crippen LogP contribution in [0, 0.1) is 0 Å². The van der Waals surface area contributed by atoms with Crippen molar-refractivity contribution in [2.75, 3.05) is 0 Å². The zero-order chi connectivity index (χ0) is 18.1. The van der Waals surface area contributed by atoms with Crippen LogP contribution < -0.4 is 0 Å². The average molecular weight is 365 g/mol. The molecule has 0 aliphatic carbocycles. The van der Waals surface area contributed by atoms with Crippen LogP contribution in [0.2, 0.25) is 0 Å². The Morgan fingerprint density at radius 2 is 0.963 bits per heavy atom. The second-order valence-electron chi connectivity index (χ2n) is 6.27. The molecule has 5 aromatic rings. The van der Waals surface area contributed by atoms with E-state index in [1.165, 1.54) is 14.7 Å². The molecule has 27 heavy (non-hydrogen) atoms. The molecule has 1 heterocycles. The molecular weight excluding hydrogens is 348 g/mol. The number of fused-ring (bicyclic) bond motifs is 2. The van der Waals surface area contributed by atoms with Crippen LogP contribution in [-0.2, 0) is 10.9 Å². The Hall–Kier alpha value is -3.17. The van der Waals surface area contributed by atoms with Gasteiger partial charge in [-0.2, -0.15) is 0 Å². The molecule has 0 aliphatic heterocycles. The lowest BCUT2D eigenvalue weighted by Gasteiger charge is -2.10. The van der Waals surface area contributed by atoms with E-state index in [0.29, 0.717) is 0 Å². The van der Waals surface area contributed by atoms with Crippen molar-refractivity contribution in [2.45, 2.75) is 14.7 Å². The number of rotatable bonds is 3. The highest BCUT2D eigenvalue weighted by Crippen LogP contribution is 2.34. The Balaban J connectivity index is 1.81. The van der Waals surface area contributed by atoms with Gasteiger partial charge in [-0.05, 0) is 48.5 Å². The quantitative estimate of drug-likeness (QED) is 0.295. The molecule has 0 aliphatic rings. The highest BCUT2D eigenvalue weighted by Gasteiger charge is 2.31. The van der Waals surface area contributed by atoms with Crippen molar-refractivity contribution in [2.24, 2.45) is 0 Å². The van der Waals surface area contributed by atoms with E-state index in [1.54, 1.807) is 0 Å². The molecule has 4 aromatic carbocycles. The molecule has 128 valence electrons. The summed E-state index contributed by atoms with van der Waals surface area (Å²) in [4.78, 5) is 13.6. The van der Waals surface area contributed by atoms with Gasteiger partial charge in [0.05, 0.1) is 16.6 Å². The number of hydrogen-bond acceptors (Lipinski definition) is 2. The zero-order valence-corrected chi connectivity index (χ0v) is 15.4. The third kappa shape index (κ3) is 2.96. The summed E-state index contributed by atoms with van der Waals surface area (Å²) in [5, 5.41) is 0. The summed E-state index contributed by atoms with van der Waals surface area (Å²) >= 11 is 0. The predicted molar refractivity (Wildman–Crippen MR) is 112 cm³/mol. The van der Waals surface area contributed by atoms with Crippen molar-refractivity contribution >= 4 is 33.0 Å². The van der Waals surface area contributed by atoms with Crippen LogP contribution in [0.5, 0.6) is 0 Å². The topological polar surface area (TPSA) is 25.8 Å². The normalized spacial score (nSPS) is 11.3. The molecule has 0 N–H and O–H groups in total. The monoisotopic (exact) mass is 365 g/mol. The molecule has 0 spiro atoms. The van der Waals surface area contributed by atoms with Gasteiger partial charge in [-0.1, -0.05) is 54.6 Å². The fraction of sp³-hybridized carbons (Fsp3) is 0. The van der Waals surface area contributed by atoms with Crippen LogP contribution in [0.15, 0.2) is 118 Å². The van der Waals surface area contributed by atoms with E-state index in [1.807, 2.05) is 24.3 Å². The number of nitrogens with zero attached hydrogens (tertiary/aromatic N) is 2. The first kappa shape index (κ1) is 16.0. The second-order valence-corrected chi connectivity index (χ2v) is 8.26. The summed E-state index contributed by atoms with van der Waals surface area (Å²) in [6.45, 7) is 0. The highest BCUT2D eigenvalue weighted by molar-refractivity contribution is 7.97. The number of hydrogen-bond donors (Lipinski definition) is 0. The standard InChI is InChI=1S/C24H17N2S/c1-3-10-18(11-4-1)27(19-12-5-2-6-13-19)23-17-9-16-22-24(23)26-21-15-8-7-14-20(21)25-22/h1-17H/q+1. The van der Waals surface area contributed by atoms with Gasteiger partial charge in [0.15, 0.2) is 14.7 Å². The number of aromatic nitrogens is 2. The van der Waals surface area contributed by atoms with E-state index in [9.17, 15) is 0 Å². The Morgan fingerprint density at radius 1 is 0.444 bits per heavy atom. The molecule has 0 fully saturated rings. The van der Waals surface area contributed by atoms with E-state index in [-0.39, 0.29) is 10.9 Å². The van der Waals surface area contributed by atoms with E-state index < -0.39 is 0 Å². The van der Waals surface area contributed by atoms with Gasteiger partial charge in [0.2, 0.25) is 0 Å². The minimum Gasteiger partial charge on any atom is -0.244 e. The Bertz CT molecular complexity index is 1180. The summed E-state index contributed by atoms with van der Waals surface area (Å²) < 4.78 is 0. The summed E-state index contributed by atoms with van der Waals surface area (Å²) in [6, 6.07) is 35.7. The van der Waals surface area contributed by atoms with Crippen LogP contribution in [-0.4, -0.2) is 9.97 Å². The maximum absolute atomic E-state index is 4.99. The van der Waals surface area contributed by atoms with E-state index in [2.05, 4.69) is 78.9 Å². The molecule has 3 heteroatoms. The lowest BCUT2D eigenvalue weighted by Crippen LogP contribution is -2.06. The van der Waals surface area contributed by atoms with Crippen molar-refractivity contribution in [1.82, 2.24) is 9.97 Å². The fourth-order valence-corrected chi connectivity index (χ4v) is 5.48. The van der Waals surface area contributed by atoms with Gasteiger partial charge >= 0.3 is 0 Å². The smallest absolute Gasteiger partial charge is 0.194 e. The molecule has 0 unspecified atom stereocenters. The summed E-state index contributed by atoms with van der Waals surface area (Å²) in [5.41, 5.74) is 3.78. The minimum atomic E-state index is -0.235. The largest absolute Gasteiger partial charge is 0.244 e. The van der Waals surface area contributed by atoms with E-state index >= 15 is 0 Å². The van der Waals surface area contributed by atoms with Gasteiger partial charge in [0.1, 0.15) is 16.4 Å². The van der Waals surface area contributed by atoms with Crippen molar-refractivity contribution in [3.8, 4) is 0 Å². The maximum atomic E-state index is 4.99. The van der Waals surface area contributed by atoms with Crippen molar-refractivity contribution in [3.63, 3.8) is 0 Å². The first-order chi connectivity index (χ1) is 13.4. The first-order valence-corrected chi connectivity index (χ1v) is 10.1. The lowest BCUT2D eigenvalue weighted by atomic mass is 10.2. The molecule has 0 amide bonds. The summed E-state index contributed by atoms with van der Waals surface area (Å²) in [6.07, 6.45) is 0. The molecule has 5 rings (SSSR count). The second kappa shape index (κ2) is 6.86. The number of benzene rings is 4. The molecule has 0 radical (unpaired) electrons. The lowest BCUT2D eigenvalue weighted by molar-refractivity contribution is 1.30. The maximum Gasteiger partial charge on any atom is 0.194 e. The van der Waals surface area contributed by atoms with E-state index in [4.69, 9.17) is 9.97 Å². The molecule has 0 bridgehead atoms. The van der Waals surface area contributed by atoms with Gasteiger partial charge in [0, 0.05) is 0 Å². The minimum absolute atomic E-state index is 0.235. The molecule has 0 saturated carbocycles. The zero-order valence-electron chi connectivity index (χ0n) is 14.6. The van der Waals surface area contributed by atoms with Crippen LogP contribution in [0.25, 0.3) is 22.1 Å². The van der Waals surface area contributed by atoms with Crippen molar-refractivity contribution < 1.29 is 0 Å². The Morgan fingerprint density at radius 3 is 1.59 bits per heavy atom. The molecule has 2 nitrogen and oxygen atoms in total. The van der Waals surface area contributed by atoms with Gasteiger partial charge < -0.3 is 0 Å². The van der Waals surface area contributed by atoms with Crippen LogP contribution >= 0.6 is 0 Å². The van der Waals surface area contributed by atoms with Crippen LogP contribution in [0.3, 0.4) is 0 Å². The van der Waals surface area contributed by atoms with Crippen molar-refractivity contribution in [3.05, 3.63) is 103 Å². The molecule has 0 saturated heterocycles. The third-order valence-corrected chi connectivity index (χ3v) is 6.77. The van der Waals surface area contributed by atoms with E-state index in [0.717, 1.165) is 22.1 Å². The van der Waals surface area contributed by atoms with Gasteiger partial charge in [-0.3, -0.25) is 0 Å². The Labute approximate surface area is 160 Å². The summed E-state index contributed by atoms with van der Waals surface area (Å²) in [7, 11) is -0.235. The third-order valence-electron chi connectivity index (χ3n) is 4.51. The molecule has 0 atom stereocenters.